The molecule has 7 nitrogen and oxygen atoms in total. The van der Waals surface area contributed by atoms with E-state index < -0.39 is 23.5 Å². The molecule has 3 aromatic rings. The van der Waals surface area contributed by atoms with Crippen molar-refractivity contribution in [2.24, 2.45) is 0 Å². The summed E-state index contributed by atoms with van der Waals surface area (Å²) < 4.78 is 1.14. The summed E-state index contributed by atoms with van der Waals surface area (Å²) in [5.41, 5.74) is 0.430. The molecule has 144 valence electrons. The Hall–Kier alpha value is -3.03. The van der Waals surface area contributed by atoms with Gasteiger partial charge in [-0.25, -0.2) is 4.68 Å². The lowest BCUT2D eigenvalue weighted by Gasteiger charge is -2.17. The fourth-order valence-corrected chi connectivity index (χ4v) is 3.13. The maximum atomic E-state index is 12.6. The summed E-state index contributed by atoms with van der Waals surface area (Å²) in [6.45, 7) is 0. The first-order valence-corrected chi connectivity index (χ1v) is 8.96. The van der Waals surface area contributed by atoms with E-state index in [0.29, 0.717) is 21.3 Å². The second kappa shape index (κ2) is 8.33. The Morgan fingerprint density at radius 2 is 1.86 bits per heavy atom. The summed E-state index contributed by atoms with van der Waals surface area (Å²) in [6, 6.07) is 13.5. The third-order valence-corrected chi connectivity index (χ3v) is 4.55. The number of nitrogens with zero attached hydrogens (tertiary/aromatic N) is 1. The number of aliphatic carboxylic acids is 1. The Bertz CT molecular complexity index is 1090. The Kier molecular flexibility index (Phi) is 5.87. The van der Waals surface area contributed by atoms with Crippen molar-refractivity contribution in [2.75, 3.05) is 0 Å². The predicted molar refractivity (Wildman–Crippen MR) is 105 cm³/mol. The van der Waals surface area contributed by atoms with Crippen molar-refractivity contribution in [1.82, 2.24) is 15.1 Å². The number of hydrogen-bond donors (Lipinski definition) is 3. The molecule has 1 atom stereocenters. The van der Waals surface area contributed by atoms with Crippen molar-refractivity contribution in [1.29, 1.82) is 0 Å². The van der Waals surface area contributed by atoms with Crippen LogP contribution in [0, 0.1) is 0 Å². The maximum Gasteiger partial charge on any atom is 0.305 e. The number of hydrogen-bond acceptors (Lipinski definition) is 3. The van der Waals surface area contributed by atoms with Crippen LogP contribution in [0.4, 0.5) is 0 Å². The van der Waals surface area contributed by atoms with Crippen molar-refractivity contribution in [3.05, 3.63) is 86.3 Å². The van der Waals surface area contributed by atoms with Gasteiger partial charge in [0.1, 0.15) is 5.69 Å². The number of carbonyl (C=O) groups is 2. The van der Waals surface area contributed by atoms with Crippen LogP contribution >= 0.6 is 23.2 Å². The zero-order chi connectivity index (χ0) is 20.3. The summed E-state index contributed by atoms with van der Waals surface area (Å²) in [7, 11) is 0. The van der Waals surface area contributed by atoms with Gasteiger partial charge in [0.25, 0.3) is 11.5 Å². The molecule has 0 unspecified atom stereocenters. The van der Waals surface area contributed by atoms with Crippen molar-refractivity contribution < 1.29 is 14.7 Å². The van der Waals surface area contributed by atoms with Gasteiger partial charge < -0.3 is 10.4 Å². The van der Waals surface area contributed by atoms with Gasteiger partial charge in [-0.15, -0.1) is 0 Å². The molecule has 3 N–H and O–H groups in total. The second-order valence-electron chi connectivity index (χ2n) is 5.97. The van der Waals surface area contributed by atoms with E-state index in [1.54, 1.807) is 48.5 Å². The summed E-state index contributed by atoms with van der Waals surface area (Å²) in [4.78, 5) is 36.1. The van der Waals surface area contributed by atoms with E-state index in [4.69, 9.17) is 28.3 Å². The van der Waals surface area contributed by atoms with E-state index in [1.165, 1.54) is 0 Å². The third kappa shape index (κ3) is 4.44. The Morgan fingerprint density at radius 3 is 2.54 bits per heavy atom. The highest BCUT2D eigenvalue weighted by molar-refractivity contribution is 6.32. The first-order valence-electron chi connectivity index (χ1n) is 8.20. The SMILES string of the molecule is O=C(O)C[C@H](NC(=O)c1cc(=O)n(-c2ccccc2Cl)[nH]1)c1cccc(Cl)c1. The van der Waals surface area contributed by atoms with Crippen molar-refractivity contribution in [3.8, 4) is 5.69 Å². The number of para-hydroxylation sites is 1. The van der Waals surface area contributed by atoms with Gasteiger partial charge in [-0.05, 0) is 29.8 Å². The van der Waals surface area contributed by atoms with Crippen LogP contribution in [-0.2, 0) is 4.79 Å². The molecular weight excluding hydrogens is 405 g/mol. The highest BCUT2D eigenvalue weighted by Gasteiger charge is 2.21. The topological polar surface area (TPSA) is 104 Å². The van der Waals surface area contributed by atoms with E-state index >= 15 is 0 Å². The molecule has 0 aliphatic carbocycles. The maximum absolute atomic E-state index is 12.6. The predicted octanol–water partition coefficient (Wildman–Crippen LogP) is 3.42. The van der Waals surface area contributed by atoms with Gasteiger partial charge in [-0.2, -0.15) is 0 Å². The molecule has 0 bridgehead atoms. The average molecular weight is 420 g/mol. The number of H-pyrrole nitrogens is 1. The van der Waals surface area contributed by atoms with Crippen molar-refractivity contribution in [2.45, 2.75) is 12.5 Å². The van der Waals surface area contributed by atoms with Gasteiger partial charge in [0.05, 0.1) is 23.2 Å². The van der Waals surface area contributed by atoms with Crippen LogP contribution in [0.25, 0.3) is 5.69 Å². The first kappa shape index (κ1) is 19.7. The normalized spacial score (nSPS) is 11.8. The number of rotatable bonds is 6. The zero-order valence-electron chi connectivity index (χ0n) is 14.4. The molecule has 1 amide bonds. The minimum atomic E-state index is -1.09. The lowest BCUT2D eigenvalue weighted by atomic mass is 10.0. The van der Waals surface area contributed by atoms with Crippen LogP contribution in [0.3, 0.4) is 0 Å². The fraction of sp³-hybridized carbons (Fsp3) is 0.105. The Balaban J connectivity index is 1.89. The van der Waals surface area contributed by atoms with E-state index in [2.05, 4.69) is 10.4 Å². The number of halogens is 2. The number of benzene rings is 2. The summed E-state index contributed by atoms with van der Waals surface area (Å²) in [5, 5.41) is 15.2. The van der Waals surface area contributed by atoms with E-state index in [1.807, 2.05) is 0 Å². The number of nitrogens with one attached hydrogen (secondary N) is 2. The molecule has 0 radical (unpaired) electrons. The quantitative estimate of drug-likeness (QED) is 0.569. The van der Waals surface area contributed by atoms with Crippen LogP contribution in [0.5, 0.6) is 0 Å². The molecule has 0 saturated carbocycles. The van der Waals surface area contributed by atoms with Crippen molar-refractivity contribution in [3.63, 3.8) is 0 Å². The minimum absolute atomic E-state index is 0.0256. The van der Waals surface area contributed by atoms with Crippen molar-refractivity contribution >= 4 is 35.1 Å². The molecular formula is C19H15Cl2N3O4. The highest BCUT2D eigenvalue weighted by atomic mass is 35.5. The summed E-state index contributed by atoms with van der Waals surface area (Å²) >= 11 is 12.1. The van der Waals surface area contributed by atoms with Gasteiger partial charge in [-0.3, -0.25) is 19.5 Å². The minimum Gasteiger partial charge on any atom is -0.481 e. The number of aromatic amines is 1. The molecule has 28 heavy (non-hydrogen) atoms. The smallest absolute Gasteiger partial charge is 0.305 e. The monoisotopic (exact) mass is 419 g/mol. The van der Waals surface area contributed by atoms with Gasteiger partial charge in [0.2, 0.25) is 0 Å². The molecule has 0 saturated heterocycles. The van der Waals surface area contributed by atoms with Gasteiger partial charge in [0.15, 0.2) is 0 Å². The molecule has 3 rings (SSSR count). The standard InChI is InChI=1S/C19H15Cl2N3O4/c20-12-5-3-4-11(8-12)14(10-18(26)27)22-19(28)15-9-17(25)24(23-15)16-7-2-1-6-13(16)21/h1-9,14,23H,10H2,(H,22,28)(H,26,27)/t14-/m0/s1. The van der Waals surface area contributed by atoms with E-state index in [-0.39, 0.29) is 12.1 Å². The lowest BCUT2D eigenvalue weighted by Crippen LogP contribution is -2.30. The number of carboxylic acids is 1. The lowest BCUT2D eigenvalue weighted by molar-refractivity contribution is -0.137. The third-order valence-electron chi connectivity index (χ3n) is 3.99. The molecule has 1 heterocycles. The largest absolute Gasteiger partial charge is 0.481 e. The van der Waals surface area contributed by atoms with Crippen LogP contribution in [0.15, 0.2) is 59.4 Å². The Labute approximate surface area is 169 Å². The number of carboxylic acid groups (broad SMARTS) is 1. The molecule has 0 fully saturated rings. The molecule has 0 spiro atoms. The second-order valence-corrected chi connectivity index (χ2v) is 6.82. The summed E-state index contributed by atoms with van der Waals surface area (Å²) in [6.07, 6.45) is -0.346. The summed E-state index contributed by atoms with van der Waals surface area (Å²) in [5.74, 6) is -1.72. The molecule has 2 aromatic carbocycles. The van der Waals surface area contributed by atoms with E-state index in [0.717, 1.165) is 10.7 Å². The van der Waals surface area contributed by atoms with Gasteiger partial charge >= 0.3 is 5.97 Å². The first-order chi connectivity index (χ1) is 13.3. The molecule has 0 aliphatic rings. The zero-order valence-corrected chi connectivity index (χ0v) is 15.9. The Morgan fingerprint density at radius 1 is 1.11 bits per heavy atom. The van der Waals surface area contributed by atoms with E-state index in [9.17, 15) is 14.4 Å². The van der Waals surface area contributed by atoms with Crippen LogP contribution < -0.4 is 10.9 Å². The average Bonchev–Trinajstić information content (AvgIpc) is 3.03. The molecule has 0 aliphatic heterocycles. The van der Waals surface area contributed by atoms with Crippen LogP contribution in [0.1, 0.15) is 28.5 Å². The highest BCUT2D eigenvalue weighted by Crippen LogP contribution is 2.21. The fourth-order valence-electron chi connectivity index (χ4n) is 2.71. The molecule has 1 aromatic heterocycles. The number of carbonyl (C=O) groups excluding carboxylic acids is 1. The van der Waals surface area contributed by atoms with Gasteiger partial charge in [0, 0.05) is 11.1 Å². The van der Waals surface area contributed by atoms with Crippen LogP contribution in [-0.4, -0.2) is 26.8 Å². The number of aromatic nitrogens is 2. The van der Waals surface area contributed by atoms with Crippen LogP contribution in [0.2, 0.25) is 10.0 Å². The number of amides is 1. The van der Waals surface area contributed by atoms with Gasteiger partial charge in [-0.1, -0.05) is 47.5 Å². The molecule has 9 heteroatoms.